The Morgan fingerprint density at radius 1 is 1.00 bits per heavy atom. The second kappa shape index (κ2) is 5.27. The number of carbonyl (C=O) groups is 1. The summed E-state index contributed by atoms with van der Waals surface area (Å²) in [7, 11) is 0. The normalized spacial score (nSPS) is 11.5. The summed E-state index contributed by atoms with van der Waals surface area (Å²) in [6, 6.07) is 5.08. The molecule has 0 spiro atoms. The van der Waals surface area contributed by atoms with E-state index >= 15 is 0 Å². The molecular weight excluding hydrogens is 291 g/mol. The van der Waals surface area contributed by atoms with Crippen LogP contribution in [-0.4, -0.2) is 5.78 Å². The zero-order valence-electron chi connectivity index (χ0n) is 10.8. The second-order valence-electron chi connectivity index (χ2n) is 4.49. The van der Waals surface area contributed by atoms with Gasteiger partial charge in [0.2, 0.25) is 0 Å². The molecule has 0 heterocycles. The van der Waals surface area contributed by atoms with Gasteiger partial charge in [0, 0.05) is 5.56 Å². The number of ketones is 1. The lowest BCUT2D eigenvalue weighted by atomic mass is 9.99. The van der Waals surface area contributed by atoms with Crippen LogP contribution in [0.5, 0.6) is 0 Å². The maximum atomic E-state index is 13.7. The van der Waals surface area contributed by atoms with Gasteiger partial charge in [0.25, 0.3) is 0 Å². The van der Waals surface area contributed by atoms with Gasteiger partial charge in [-0.05, 0) is 36.8 Å². The molecule has 0 aliphatic heterocycles. The van der Waals surface area contributed by atoms with Gasteiger partial charge in [-0.15, -0.1) is 0 Å². The van der Waals surface area contributed by atoms with Gasteiger partial charge in [-0.25, -0.2) is 8.78 Å². The number of rotatable bonds is 2. The van der Waals surface area contributed by atoms with E-state index in [1.54, 1.807) is 0 Å². The van der Waals surface area contributed by atoms with Crippen molar-refractivity contribution in [2.45, 2.75) is 13.1 Å². The van der Waals surface area contributed by atoms with Crippen LogP contribution in [0.4, 0.5) is 22.0 Å². The summed E-state index contributed by atoms with van der Waals surface area (Å²) in [5.74, 6) is -2.78. The van der Waals surface area contributed by atoms with Crippen molar-refractivity contribution in [1.82, 2.24) is 0 Å². The van der Waals surface area contributed by atoms with Crippen LogP contribution in [-0.2, 0) is 6.18 Å². The highest BCUT2D eigenvalue weighted by Gasteiger charge is 2.31. The number of hydrogen-bond donors (Lipinski definition) is 0. The number of hydrogen-bond acceptors (Lipinski definition) is 1. The van der Waals surface area contributed by atoms with Gasteiger partial charge < -0.3 is 0 Å². The van der Waals surface area contributed by atoms with Crippen molar-refractivity contribution < 1.29 is 26.7 Å². The highest BCUT2D eigenvalue weighted by atomic mass is 19.4. The minimum Gasteiger partial charge on any atom is -0.288 e. The molecule has 0 amide bonds. The Hall–Kier alpha value is -2.24. The van der Waals surface area contributed by atoms with E-state index in [0.29, 0.717) is 12.1 Å². The van der Waals surface area contributed by atoms with Crippen LogP contribution in [0.3, 0.4) is 0 Å². The van der Waals surface area contributed by atoms with E-state index in [9.17, 15) is 26.7 Å². The molecular formula is C15H9F5O. The van der Waals surface area contributed by atoms with Crippen LogP contribution in [0.15, 0.2) is 36.4 Å². The van der Waals surface area contributed by atoms with E-state index in [0.717, 1.165) is 24.3 Å². The van der Waals surface area contributed by atoms with Crippen LogP contribution >= 0.6 is 0 Å². The molecule has 2 aromatic carbocycles. The van der Waals surface area contributed by atoms with Crippen molar-refractivity contribution in [2.24, 2.45) is 0 Å². The maximum Gasteiger partial charge on any atom is 0.416 e. The fourth-order valence-electron chi connectivity index (χ4n) is 1.81. The molecule has 0 atom stereocenters. The van der Waals surface area contributed by atoms with Gasteiger partial charge in [-0.1, -0.05) is 12.1 Å². The van der Waals surface area contributed by atoms with Crippen molar-refractivity contribution >= 4 is 5.78 Å². The highest BCUT2D eigenvalue weighted by Crippen LogP contribution is 2.30. The Labute approximate surface area is 117 Å². The zero-order chi connectivity index (χ0) is 15.8. The van der Waals surface area contributed by atoms with E-state index in [4.69, 9.17) is 0 Å². The molecule has 1 nitrogen and oxygen atoms in total. The van der Waals surface area contributed by atoms with Crippen LogP contribution in [0.25, 0.3) is 0 Å². The number of halogens is 5. The molecule has 2 aromatic rings. The van der Waals surface area contributed by atoms with Gasteiger partial charge in [0.05, 0.1) is 11.1 Å². The first-order valence-electron chi connectivity index (χ1n) is 5.88. The van der Waals surface area contributed by atoms with Crippen LogP contribution < -0.4 is 0 Å². The van der Waals surface area contributed by atoms with Crippen molar-refractivity contribution in [1.29, 1.82) is 0 Å². The van der Waals surface area contributed by atoms with Gasteiger partial charge >= 0.3 is 6.18 Å². The van der Waals surface area contributed by atoms with Gasteiger partial charge in [-0.3, -0.25) is 4.79 Å². The average molecular weight is 300 g/mol. The Balaban J connectivity index is 2.48. The van der Waals surface area contributed by atoms with Crippen molar-refractivity contribution in [3.8, 4) is 0 Å². The molecule has 0 aliphatic carbocycles. The molecule has 0 bridgehead atoms. The summed E-state index contributed by atoms with van der Waals surface area (Å²) in [6.45, 7) is 1.32. The average Bonchev–Trinajstić information content (AvgIpc) is 2.41. The third-order valence-electron chi connectivity index (χ3n) is 2.95. The predicted octanol–water partition coefficient (Wildman–Crippen LogP) is 4.52. The summed E-state index contributed by atoms with van der Waals surface area (Å²) >= 11 is 0. The Kier molecular flexibility index (Phi) is 3.80. The highest BCUT2D eigenvalue weighted by molar-refractivity contribution is 6.09. The zero-order valence-corrected chi connectivity index (χ0v) is 10.8. The summed E-state index contributed by atoms with van der Waals surface area (Å²) in [5.41, 5.74) is -1.97. The lowest BCUT2D eigenvalue weighted by molar-refractivity contribution is -0.137. The molecule has 0 fully saturated rings. The van der Waals surface area contributed by atoms with Gasteiger partial charge in [-0.2, -0.15) is 13.2 Å². The summed E-state index contributed by atoms with van der Waals surface area (Å²) < 4.78 is 64.9. The van der Waals surface area contributed by atoms with Crippen molar-refractivity contribution in [3.05, 3.63) is 70.3 Å². The largest absolute Gasteiger partial charge is 0.416 e. The smallest absolute Gasteiger partial charge is 0.288 e. The van der Waals surface area contributed by atoms with Gasteiger partial charge in [0.1, 0.15) is 11.6 Å². The quantitative estimate of drug-likeness (QED) is 0.588. The SMILES string of the molecule is Cc1cc(F)c(C(=O)c2cccc(C(F)(F)F)c2)cc1F. The first kappa shape index (κ1) is 15.2. The van der Waals surface area contributed by atoms with Crippen molar-refractivity contribution in [2.75, 3.05) is 0 Å². The molecule has 0 saturated carbocycles. The molecule has 21 heavy (non-hydrogen) atoms. The minimum atomic E-state index is -4.62. The minimum absolute atomic E-state index is 0.00749. The second-order valence-corrected chi connectivity index (χ2v) is 4.49. The Morgan fingerprint density at radius 3 is 2.29 bits per heavy atom. The maximum absolute atomic E-state index is 13.7. The lowest BCUT2D eigenvalue weighted by Crippen LogP contribution is -2.09. The number of benzene rings is 2. The molecule has 0 radical (unpaired) electrons. The molecule has 0 aliphatic rings. The Morgan fingerprint density at radius 2 is 1.67 bits per heavy atom. The molecule has 6 heteroatoms. The molecule has 0 saturated heterocycles. The van der Waals surface area contributed by atoms with Crippen LogP contribution in [0.1, 0.15) is 27.0 Å². The van der Waals surface area contributed by atoms with Crippen molar-refractivity contribution in [3.63, 3.8) is 0 Å². The molecule has 0 N–H and O–H groups in total. The van der Waals surface area contributed by atoms with E-state index in [2.05, 4.69) is 0 Å². The van der Waals surface area contributed by atoms with E-state index < -0.39 is 34.7 Å². The van der Waals surface area contributed by atoms with Crippen LogP contribution in [0.2, 0.25) is 0 Å². The molecule has 0 aromatic heterocycles. The third kappa shape index (κ3) is 3.09. The molecule has 110 valence electrons. The molecule has 0 unspecified atom stereocenters. The van der Waals surface area contributed by atoms with E-state index in [1.165, 1.54) is 6.92 Å². The topological polar surface area (TPSA) is 17.1 Å². The van der Waals surface area contributed by atoms with E-state index in [-0.39, 0.29) is 11.1 Å². The number of carbonyl (C=O) groups excluding carboxylic acids is 1. The standard InChI is InChI=1S/C15H9F5O/c1-8-5-13(17)11(7-12(8)16)14(21)9-3-2-4-10(6-9)15(18,19)20/h2-7H,1H3. The van der Waals surface area contributed by atoms with E-state index in [1.807, 2.05) is 0 Å². The fourth-order valence-corrected chi connectivity index (χ4v) is 1.81. The summed E-state index contributed by atoms with van der Waals surface area (Å²) in [5, 5.41) is 0. The number of aryl methyl sites for hydroxylation is 1. The summed E-state index contributed by atoms with van der Waals surface area (Å²) in [4.78, 5) is 12.0. The lowest BCUT2D eigenvalue weighted by Gasteiger charge is -2.09. The number of alkyl halides is 3. The first-order chi connectivity index (χ1) is 9.70. The van der Waals surface area contributed by atoms with Gasteiger partial charge in [0.15, 0.2) is 5.78 Å². The first-order valence-corrected chi connectivity index (χ1v) is 5.88. The summed E-state index contributed by atoms with van der Waals surface area (Å²) in [6.07, 6.45) is -4.62. The monoisotopic (exact) mass is 300 g/mol. The predicted molar refractivity (Wildman–Crippen MR) is 66.0 cm³/mol. The van der Waals surface area contributed by atoms with Crippen LogP contribution in [0, 0.1) is 18.6 Å². The fraction of sp³-hybridized carbons (Fsp3) is 0.133. The third-order valence-corrected chi connectivity index (χ3v) is 2.95. The Bertz CT molecular complexity index is 704. The molecule has 2 rings (SSSR count).